The summed E-state index contributed by atoms with van der Waals surface area (Å²) in [6.07, 6.45) is 2.75. The summed E-state index contributed by atoms with van der Waals surface area (Å²) in [5, 5.41) is 10.3. The van der Waals surface area contributed by atoms with Crippen LogP contribution in [0.4, 0.5) is 0 Å². The third kappa shape index (κ3) is 2.77. The molecule has 2 aliphatic rings. The number of carbonyl (C=O) groups is 1. The lowest BCUT2D eigenvalue weighted by Crippen LogP contribution is -2.64. The van der Waals surface area contributed by atoms with Crippen LogP contribution in [-0.4, -0.2) is 34.6 Å². The number of nitrogens with zero attached hydrogens (tertiary/aromatic N) is 1. The van der Waals surface area contributed by atoms with Gasteiger partial charge in [0.1, 0.15) is 5.60 Å². The Morgan fingerprint density at radius 1 is 1.40 bits per heavy atom. The molecule has 1 saturated carbocycles. The first kappa shape index (κ1) is 14.1. The molecule has 3 rings (SSSR count). The van der Waals surface area contributed by atoms with E-state index in [1.807, 2.05) is 12.1 Å². The zero-order chi connectivity index (χ0) is 14.3. The van der Waals surface area contributed by atoms with Crippen LogP contribution >= 0.6 is 15.9 Å². The molecule has 1 heterocycles. The van der Waals surface area contributed by atoms with Crippen molar-refractivity contribution < 1.29 is 9.90 Å². The van der Waals surface area contributed by atoms with Crippen molar-refractivity contribution in [1.29, 1.82) is 0 Å². The van der Waals surface area contributed by atoms with Crippen LogP contribution < -0.4 is 0 Å². The Balaban J connectivity index is 1.53. The molecule has 1 aliphatic carbocycles. The minimum atomic E-state index is -0.573. The number of likely N-dealkylation sites (tertiary alicyclic amines) is 1. The highest BCUT2D eigenvalue weighted by Crippen LogP contribution is 2.44. The van der Waals surface area contributed by atoms with E-state index in [1.165, 1.54) is 5.56 Å². The lowest BCUT2D eigenvalue weighted by atomic mass is 9.87. The third-order valence-corrected chi connectivity index (χ3v) is 5.07. The predicted molar refractivity (Wildman–Crippen MR) is 81.4 cm³/mol. The Labute approximate surface area is 128 Å². The predicted octanol–water partition coefficient (Wildman–Crippen LogP) is 2.93. The van der Waals surface area contributed by atoms with E-state index in [4.69, 9.17) is 0 Å². The van der Waals surface area contributed by atoms with Crippen LogP contribution in [0.15, 0.2) is 28.7 Å². The number of rotatable bonds is 4. The van der Waals surface area contributed by atoms with E-state index in [1.54, 1.807) is 4.90 Å². The standard InChI is InChI=1S/C16H20BrNO2/c1-11(12-2-6-14(17)7-3-12)8-15(19)18-9-16(20,10-18)13-4-5-13/h2-3,6-7,11,13,20H,4-5,8-10H2,1H3. The van der Waals surface area contributed by atoms with E-state index >= 15 is 0 Å². The molecule has 1 aromatic carbocycles. The topological polar surface area (TPSA) is 40.5 Å². The highest BCUT2D eigenvalue weighted by Gasteiger charge is 2.53. The van der Waals surface area contributed by atoms with Gasteiger partial charge >= 0.3 is 0 Å². The summed E-state index contributed by atoms with van der Waals surface area (Å²) in [6.45, 7) is 3.14. The molecule has 0 aromatic heterocycles. The fourth-order valence-corrected chi connectivity index (χ4v) is 3.23. The van der Waals surface area contributed by atoms with Gasteiger partial charge in [0.15, 0.2) is 0 Å². The van der Waals surface area contributed by atoms with E-state index in [9.17, 15) is 9.90 Å². The van der Waals surface area contributed by atoms with Gasteiger partial charge in [0, 0.05) is 10.9 Å². The van der Waals surface area contributed by atoms with Crippen LogP contribution in [0.1, 0.15) is 37.7 Å². The normalized spacial score (nSPS) is 22.2. The van der Waals surface area contributed by atoms with Gasteiger partial charge < -0.3 is 10.0 Å². The van der Waals surface area contributed by atoms with Gasteiger partial charge in [0.05, 0.1) is 13.1 Å². The van der Waals surface area contributed by atoms with Gasteiger partial charge in [0.2, 0.25) is 5.91 Å². The fourth-order valence-electron chi connectivity index (χ4n) is 2.97. The molecule has 3 nitrogen and oxygen atoms in total. The molecule has 2 fully saturated rings. The monoisotopic (exact) mass is 337 g/mol. The van der Waals surface area contributed by atoms with Crippen molar-refractivity contribution in [3.8, 4) is 0 Å². The summed E-state index contributed by atoms with van der Waals surface area (Å²) in [4.78, 5) is 14.0. The Bertz CT molecular complexity index is 504. The maximum atomic E-state index is 12.2. The molecule has 1 saturated heterocycles. The molecule has 0 spiro atoms. The van der Waals surface area contributed by atoms with Crippen LogP contribution in [0, 0.1) is 5.92 Å². The van der Waals surface area contributed by atoms with Crippen molar-refractivity contribution in [2.45, 2.75) is 37.7 Å². The zero-order valence-electron chi connectivity index (χ0n) is 11.7. The average molecular weight is 338 g/mol. The van der Waals surface area contributed by atoms with Gasteiger partial charge in [-0.1, -0.05) is 35.0 Å². The number of carbonyl (C=O) groups excluding carboxylic acids is 1. The van der Waals surface area contributed by atoms with Crippen LogP contribution in [-0.2, 0) is 4.79 Å². The van der Waals surface area contributed by atoms with Crippen LogP contribution in [0.5, 0.6) is 0 Å². The minimum absolute atomic E-state index is 0.158. The smallest absolute Gasteiger partial charge is 0.223 e. The Kier molecular flexibility index (Phi) is 3.63. The van der Waals surface area contributed by atoms with Crippen LogP contribution in [0.25, 0.3) is 0 Å². The summed E-state index contributed by atoms with van der Waals surface area (Å²) < 4.78 is 1.05. The van der Waals surface area contributed by atoms with Crippen molar-refractivity contribution in [3.05, 3.63) is 34.3 Å². The Morgan fingerprint density at radius 3 is 2.55 bits per heavy atom. The van der Waals surface area contributed by atoms with Crippen molar-refractivity contribution in [1.82, 2.24) is 4.90 Å². The zero-order valence-corrected chi connectivity index (χ0v) is 13.3. The molecule has 1 N–H and O–H groups in total. The quantitative estimate of drug-likeness (QED) is 0.917. The van der Waals surface area contributed by atoms with E-state index in [2.05, 4.69) is 35.0 Å². The fraction of sp³-hybridized carbons (Fsp3) is 0.562. The second kappa shape index (κ2) is 5.15. The lowest BCUT2D eigenvalue weighted by molar-refractivity contribution is -0.159. The van der Waals surface area contributed by atoms with Gasteiger partial charge in [0.25, 0.3) is 0 Å². The molecular formula is C16H20BrNO2. The average Bonchev–Trinajstić information content (AvgIpc) is 3.20. The van der Waals surface area contributed by atoms with Crippen molar-refractivity contribution in [2.75, 3.05) is 13.1 Å². The SMILES string of the molecule is CC(CC(=O)N1CC(O)(C2CC2)C1)c1ccc(Br)cc1. The first-order chi connectivity index (χ1) is 9.48. The van der Waals surface area contributed by atoms with E-state index in [-0.39, 0.29) is 11.8 Å². The molecule has 4 heteroatoms. The van der Waals surface area contributed by atoms with Gasteiger partial charge in [-0.2, -0.15) is 0 Å². The number of hydrogen-bond acceptors (Lipinski definition) is 2. The lowest BCUT2D eigenvalue weighted by Gasteiger charge is -2.47. The van der Waals surface area contributed by atoms with Crippen molar-refractivity contribution in [2.24, 2.45) is 5.92 Å². The third-order valence-electron chi connectivity index (χ3n) is 4.54. The van der Waals surface area contributed by atoms with Gasteiger partial charge in [-0.3, -0.25) is 4.79 Å². The van der Waals surface area contributed by atoms with Crippen LogP contribution in [0.2, 0.25) is 0 Å². The first-order valence-electron chi connectivity index (χ1n) is 7.23. The first-order valence-corrected chi connectivity index (χ1v) is 8.03. The summed E-state index contributed by atoms with van der Waals surface area (Å²) in [5.74, 6) is 0.811. The number of β-amino-alcohol motifs (C(OH)–C–C–N with tert-alkyl or cyclic N) is 1. The number of halogens is 1. The highest BCUT2D eigenvalue weighted by molar-refractivity contribution is 9.10. The summed E-state index contributed by atoms with van der Waals surface area (Å²) >= 11 is 3.42. The second-order valence-electron chi connectivity index (χ2n) is 6.28. The molecule has 1 aromatic rings. The van der Waals surface area contributed by atoms with E-state index in [0.29, 0.717) is 25.4 Å². The number of amides is 1. The van der Waals surface area contributed by atoms with Crippen molar-refractivity contribution >= 4 is 21.8 Å². The largest absolute Gasteiger partial charge is 0.386 e. The van der Waals surface area contributed by atoms with Gasteiger partial charge in [-0.15, -0.1) is 0 Å². The van der Waals surface area contributed by atoms with Gasteiger partial charge in [-0.05, 0) is 42.4 Å². The molecule has 0 bridgehead atoms. The molecule has 1 unspecified atom stereocenters. The van der Waals surface area contributed by atoms with E-state index in [0.717, 1.165) is 17.3 Å². The van der Waals surface area contributed by atoms with Crippen LogP contribution in [0.3, 0.4) is 0 Å². The second-order valence-corrected chi connectivity index (χ2v) is 7.20. The van der Waals surface area contributed by atoms with E-state index < -0.39 is 5.60 Å². The highest BCUT2D eigenvalue weighted by atomic mass is 79.9. The summed E-state index contributed by atoms with van der Waals surface area (Å²) in [6, 6.07) is 8.12. The molecule has 20 heavy (non-hydrogen) atoms. The Hall–Kier alpha value is -0.870. The molecule has 1 amide bonds. The molecular weight excluding hydrogens is 318 g/mol. The Morgan fingerprint density at radius 2 is 2.00 bits per heavy atom. The number of hydrogen-bond donors (Lipinski definition) is 1. The molecule has 108 valence electrons. The number of benzene rings is 1. The maximum Gasteiger partial charge on any atom is 0.223 e. The summed E-state index contributed by atoms with van der Waals surface area (Å²) in [5.41, 5.74) is 0.607. The van der Waals surface area contributed by atoms with Gasteiger partial charge in [-0.25, -0.2) is 0 Å². The summed E-state index contributed by atoms with van der Waals surface area (Å²) in [7, 11) is 0. The minimum Gasteiger partial charge on any atom is -0.386 e. The van der Waals surface area contributed by atoms with Crippen molar-refractivity contribution in [3.63, 3.8) is 0 Å². The molecule has 1 aliphatic heterocycles. The number of aliphatic hydroxyl groups is 1. The molecule has 0 radical (unpaired) electrons. The maximum absolute atomic E-state index is 12.2. The molecule has 1 atom stereocenters.